The average molecular weight is 677 g/mol. The average Bonchev–Trinajstić information content (AvgIpc) is 3.68. The molecule has 6 nitrogen and oxygen atoms in total. The molecule has 3 aromatic carbocycles. The van der Waals surface area contributed by atoms with Gasteiger partial charge < -0.3 is 29.4 Å². The second-order valence-electron chi connectivity index (χ2n) is 11.0. The van der Waals surface area contributed by atoms with E-state index in [4.69, 9.17) is 0 Å². The van der Waals surface area contributed by atoms with Gasteiger partial charge in [0.25, 0.3) is 0 Å². The molecular weight excluding hydrogens is 649 g/mol. The molecule has 6 aliphatic heterocycles. The van der Waals surface area contributed by atoms with Gasteiger partial charge in [-0.15, -0.1) is 33.4 Å². The van der Waals surface area contributed by atoms with E-state index in [2.05, 4.69) is 122 Å². The summed E-state index contributed by atoms with van der Waals surface area (Å²) in [6, 6.07) is 32.2. The van der Waals surface area contributed by atoms with Crippen molar-refractivity contribution in [3.8, 4) is 0 Å². The largest absolute Gasteiger partial charge is 0.435 e. The third-order valence-electron chi connectivity index (χ3n) is 8.91. The minimum atomic E-state index is 0. The molecule has 0 amide bonds. The van der Waals surface area contributed by atoms with E-state index >= 15 is 0 Å². The van der Waals surface area contributed by atoms with Crippen molar-refractivity contribution in [3.63, 3.8) is 0 Å². The molecule has 3 fully saturated rings. The number of hydrogen-bond donors (Lipinski definition) is 0. The first-order valence-corrected chi connectivity index (χ1v) is 13.5. The summed E-state index contributed by atoms with van der Waals surface area (Å²) in [5.41, 5.74) is 7.26. The van der Waals surface area contributed by atoms with Crippen molar-refractivity contribution in [1.29, 1.82) is 0 Å². The SMILES string of the molecule is [Ir].[c-]1c2cccc1C1c3[c-]c(ccc3)C3c4[c-]c(ccc4)C2N2[CH-]N(CC2)C(N2[CH-]N1CC2)N1[CH-]N3CC1. The molecule has 3 saturated heterocycles. The van der Waals surface area contributed by atoms with Gasteiger partial charge in [0.2, 0.25) is 0 Å². The van der Waals surface area contributed by atoms with E-state index in [1.807, 2.05) is 0 Å². The van der Waals surface area contributed by atoms with Gasteiger partial charge in [-0.25, -0.2) is 20.0 Å². The zero-order valence-electron chi connectivity index (χ0n) is 21.0. The van der Waals surface area contributed by atoms with Gasteiger partial charge in [-0.1, -0.05) is 0 Å². The van der Waals surface area contributed by atoms with Crippen LogP contribution < -0.4 is 0 Å². The van der Waals surface area contributed by atoms with Gasteiger partial charge in [-0.2, -0.15) is 72.8 Å². The summed E-state index contributed by atoms with van der Waals surface area (Å²) in [5, 5.41) is 0. The second kappa shape index (κ2) is 9.05. The molecule has 10 rings (SSSR count). The van der Waals surface area contributed by atoms with E-state index in [9.17, 15) is 0 Å². The van der Waals surface area contributed by atoms with Crippen LogP contribution in [0.25, 0.3) is 0 Å². The van der Waals surface area contributed by atoms with Crippen molar-refractivity contribution in [1.82, 2.24) is 29.4 Å². The predicted molar refractivity (Wildman–Crippen MR) is 138 cm³/mol. The van der Waals surface area contributed by atoms with Crippen molar-refractivity contribution in [2.75, 3.05) is 39.3 Å². The minimum absolute atomic E-state index is 0. The van der Waals surface area contributed by atoms with Gasteiger partial charge in [0.1, 0.15) is 0 Å². The van der Waals surface area contributed by atoms with Crippen molar-refractivity contribution in [3.05, 3.63) is 126 Å². The Morgan fingerprint density at radius 1 is 0.447 bits per heavy atom. The first-order chi connectivity index (χ1) is 18.3. The molecule has 38 heavy (non-hydrogen) atoms. The Labute approximate surface area is 238 Å². The standard InChI is InChI=1S/C31H28N6.Ir/c1-4-22-16-23(5-1)29-25-7-3-9-27(18-25)30-26-8-2-6-24(17-26)28(22)32-10-13-35(19-32)31(36-14-11-33(29)20-36)37-15-12-34(30)21-37;/h1-9,19-21,28-31H,10-15H2;/q-6;. The first-order valence-electron chi connectivity index (χ1n) is 13.5. The molecule has 6 heterocycles. The van der Waals surface area contributed by atoms with Crippen LogP contribution in [0.3, 0.4) is 0 Å². The monoisotopic (exact) mass is 677 g/mol. The van der Waals surface area contributed by atoms with Crippen LogP contribution in [-0.2, 0) is 20.1 Å². The molecule has 197 valence electrons. The Hall–Kier alpha value is -1.93. The van der Waals surface area contributed by atoms with Gasteiger partial charge in [-0.05, 0) is 57.4 Å². The molecule has 1 aliphatic carbocycles. The molecule has 16 bridgehead atoms. The predicted octanol–water partition coefficient (Wildman–Crippen LogP) is 3.19. The van der Waals surface area contributed by atoms with E-state index in [-0.39, 0.29) is 44.5 Å². The van der Waals surface area contributed by atoms with Crippen LogP contribution in [-0.4, -0.2) is 75.0 Å². The molecule has 3 aromatic rings. The summed E-state index contributed by atoms with van der Waals surface area (Å²) in [7, 11) is 0. The fraction of sp³-hybridized carbons (Fsp3) is 0.323. The summed E-state index contributed by atoms with van der Waals surface area (Å²) in [5.74, 6) is 0. The van der Waals surface area contributed by atoms with Crippen LogP contribution >= 0.6 is 0 Å². The maximum atomic E-state index is 3.92. The zero-order chi connectivity index (χ0) is 24.1. The van der Waals surface area contributed by atoms with Crippen LogP contribution in [0, 0.1) is 38.2 Å². The minimum Gasteiger partial charge on any atom is -0.435 e. The molecule has 0 N–H and O–H groups in total. The normalized spacial score (nSPS) is 39.5. The van der Waals surface area contributed by atoms with Crippen LogP contribution in [0.5, 0.6) is 0 Å². The quantitative estimate of drug-likeness (QED) is 0.339. The van der Waals surface area contributed by atoms with Gasteiger partial charge in [-0.3, -0.25) is 0 Å². The van der Waals surface area contributed by atoms with Gasteiger partial charge in [0.15, 0.2) is 0 Å². The zero-order valence-corrected chi connectivity index (χ0v) is 23.4. The van der Waals surface area contributed by atoms with Crippen LogP contribution in [0.2, 0.25) is 0 Å². The van der Waals surface area contributed by atoms with Crippen molar-refractivity contribution >= 4 is 0 Å². The molecule has 6 atom stereocenters. The summed E-state index contributed by atoms with van der Waals surface area (Å²) in [6.45, 7) is 13.1. The smallest absolute Gasteiger partial charge is 0.0392 e. The third kappa shape index (κ3) is 3.51. The summed E-state index contributed by atoms with van der Waals surface area (Å²) >= 11 is 0. The van der Waals surface area contributed by atoms with E-state index in [0.717, 1.165) is 39.3 Å². The molecule has 7 heteroatoms. The Kier molecular flexibility index (Phi) is 5.69. The molecule has 6 unspecified atom stereocenters. The number of rotatable bonds is 0. The topological polar surface area (TPSA) is 19.4 Å². The summed E-state index contributed by atoms with van der Waals surface area (Å²) < 4.78 is 0. The number of benzene rings is 3. The summed E-state index contributed by atoms with van der Waals surface area (Å²) in [6.07, 6.45) is 0.159. The fourth-order valence-corrected chi connectivity index (χ4v) is 7.34. The molecule has 7 aliphatic rings. The van der Waals surface area contributed by atoms with Crippen molar-refractivity contribution in [2.45, 2.75) is 24.4 Å². The summed E-state index contributed by atoms with van der Waals surface area (Å²) in [4.78, 5) is 15.2. The molecular formula is C31H28IrN6-6. The van der Waals surface area contributed by atoms with E-state index < -0.39 is 0 Å². The Bertz CT molecular complexity index is 1160. The first kappa shape index (κ1) is 23.9. The van der Waals surface area contributed by atoms with Gasteiger partial charge in [0, 0.05) is 26.4 Å². The second-order valence-corrected chi connectivity index (χ2v) is 11.0. The maximum absolute atomic E-state index is 3.92. The molecule has 0 saturated carbocycles. The van der Waals surface area contributed by atoms with Crippen LogP contribution in [0.4, 0.5) is 0 Å². The Morgan fingerprint density at radius 3 is 1.00 bits per heavy atom. The maximum Gasteiger partial charge on any atom is 0.0392 e. The number of nitrogens with zero attached hydrogens (tertiary/aromatic N) is 6. The molecule has 1 radical (unpaired) electrons. The molecule has 0 aromatic heterocycles. The van der Waals surface area contributed by atoms with Crippen molar-refractivity contribution < 1.29 is 20.1 Å². The van der Waals surface area contributed by atoms with E-state index in [0.29, 0.717) is 0 Å². The third-order valence-corrected chi connectivity index (χ3v) is 8.91. The van der Waals surface area contributed by atoms with Crippen LogP contribution in [0.1, 0.15) is 51.5 Å². The van der Waals surface area contributed by atoms with Gasteiger partial charge in [0.05, 0.1) is 0 Å². The Balaban J connectivity index is 0.00000225. The molecule has 0 spiro atoms. The van der Waals surface area contributed by atoms with E-state index in [1.165, 1.54) is 33.4 Å². The Morgan fingerprint density at radius 2 is 0.711 bits per heavy atom. The van der Waals surface area contributed by atoms with Gasteiger partial charge >= 0.3 is 0 Å². The number of hydrogen-bond acceptors (Lipinski definition) is 6. The fourth-order valence-electron chi connectivity index (χ4n) is 7.34. The van der Waals surface area contributed by atoms with Crippen LogP contribution in [0.15, 0.2) is 54.6 Å². The van der Waals surface area contributed by atoms with E-state index in [1.54, 1.807) is 0 Å². The van der Waals surface area contributed by atoms with Crippen molar-refractivity contribution in [2.24, 2.45) is 0 Å².